The fourth-order valence-corrected chi connectivity index (χ4v) is 5.29. The van der Waals surface area contributed by atoms with Crippen molar-refractivity contribution in [1.29, 1.82) is 0 Å². The lowest BCUT2D eigenvalue weighted by Gasteiger charge is -2.44. The average molecular weight is 677 g/mol. The third-order valence-corrected chi connectivity index (χ3v) is 6.83. The van der Waals surface area contributed by atoms with E-state index >= 15 is 0 Å². The highest BCUT2D eigenvalue weighted by atomic mass is 128. The minimum absolute atomic E-state index is 0.0424. The molecule has 1 heterocycles. The second kappa shape index (κ2) is 12.3. The molecular weight excluding hydrogens is 643 g/mol. The first-order valence-corrected chi connectivity index (χ1v) is 17.9. The Hall–Kier alpha value is -0.780. The summed E-state index contributed by atoms with van der Waals surface area (Å²) < 4.78 is 13.7. The molecule has 0 bridgehead atoms. The van der Waals surface area contributed by atoms with Gasteiger partial charge >= 0.3 is 0 Å². The number of aromatic amines is 1. The van der Waals surface area contributed by atoms with Crippen molar-refractivity contribution >= 4 is 48.3 Å². The van der Waals surface area contributed by atoms with Crippen LogP contribution in [0.15, 0.2) is 42.5 Å². The number of aryl methyl sites for hydroxylation is 2. The van der Waals surface area contributed by atoms with Gasteiger partial charge in [-0.3, -0.25) is 0 Å². The molecule has 2 atom stereocenters. The normalized spacial score (nSPS) is 20.1. The Balaban J connectivity index is 0.00000149. The molecule has 4 nitrogen and oxygen atoms in total. The van der Waals surface area contributed by atoms with Crippen LogP contribution in [0.2, 0.25) is 0 Å². The Bertz CT molecular complexity index is 1010. The largest absolute Gasteiger partial charge is 0.389 e. The van der Waals surface area contributed by atoms with Gasteiger partial charge in [0.05, 0.1) is 16.6 Å². The van der Waals surface area contributed by atoms with E-state index in [1.54, 1.807) is 6.07 Å². The first-order valence-electron chi connectivity index (χ1n) is 11.6. The number of hydrogen-bond acceptors (Lipinski definition) is 3. The number of hydrogen-bond donors (Lipinski definition) is 2. The van der Waals surface area contributed by atoms with E-state index in [9.17, 15) is 9.50 Å². The molecule has 0 saturated carbocycles. The van der Waals surface area contributed by atoms with Gasteiger partial charge in [0.15, 0.2) is 0 Å². The molecule has 0 amide bonds. The van der Waals surface area contributed by atoms with Gasteiger partial charge in [-0.05, 0) is 80.6 Å². The van der Waals surface area contributed by atoms with Crippen LogP contribution in [-0.4, -0.2) is 45.7 Å². The molecule has 0 fully saturated rings. The van der Waals surface area contributed by atoms with Gasteiger partial charge in [0.1, 0.15) is 11.6 Å². The first kappa shape index (κ1) is 26.8. The van der Waals surface area contributed by atoms with Gasteiger partial charge in [-0.2, -0.15) is 0 Å². The third-order valence-electron chi connectivity index (χ3n) is 6.83. The zero-order valence-electron chi connectivity index (χ0n) is 19.6. The molecule has 1 aromatic heterocycles. The minimum atomic E-state index is -0.744. The number of benzene rings is 2. The number of nitrogens with zero attached hydrogens (tertiary/aromatic N) is 2. The van der Waals surface area contributed by atoms with Crippen LogP contribution in [-0.2, 0) is 12.8 Å². The van der Waals surface area contributed by atoms with Crippen molar-refractivity contribution in [2.45, 2.75) is 57.5 Å². The second-order valence-electron chi connectivity index (χ2n) is 9.53. The standard InChI is InChI=1S/C26H34FN3O.I2/c1-18(2)25-21-11-10-20(27)17-19(21)12-13-26(25,31)14-16-30(3)15-6-9-24-28-22-7-4-5-8-23(22)29-24;1-2/h4-5,7-8,10-11,17-18,25,31H,6,9,12-16H2,1-3H3,(H,28,29);/t25-,26-;/m0./s1. The molecule has 0 unspecified atom stereocenters. The summed E-state index contributed by atoms with van der Waals surface area (Å²) in [6.07, 6.45) is 4.09. The van der Waals surface area contributed by atoms with Gasteiger partial charge in [0.2, 0.25) is 0 Å². The summed E-state index contributed by atoms with van der Waals surface area (Å²) in [5, 5.41) is 11.6. The predicted molar refractivity (Wildman–Crippen MR) is 152 cm³/mol. The van der Waals surface area contributed by atoms with Gasteiger partial charge in [-0.15, -0.1) is 0 Å². The van der Waals surface area contributed by atoms with Crippen molar-refractivity contribution in [1.82, 2.24) is 14.9 Å². The van der Waals surface area contributed by atoms with E-state index in [4.69, 9.17) is 0 Å². The molecule has 7 heteroatoms. The van der Waals surface area contributed by atoms with E-state index in [1.165, 1.54) is 6.07 Å². The number of aromatic nitrogens is 2. The Morgan fingerprint density at radius 1 is 1.21 bits per heavy atom. The van der Waals surface area contributed by atoms with Gasteiger partial charge in [0.25, 0.3) is 0 Å². The molecule has 2 N–H and O–H groups in total. The molecule has 180 valence electrons. The minimum Gasteiger partial charge on any atom is -0.389 e. The zero-order valence-corrected chi connectivity index (χ0v) is 23.9. The topological polar surface area (TPSA) is 52.1 Å². The van der Waals surface area contributed by atoms with Crippen molar-refractivity contribution in [2.75, 3.05) is 20.1 Å². The molecule has 0 saturated heterocycles. The van der Waals surface area contributed by atoms with Crippen LogP contribution in [0.5, 0.6) is 0 Å². The summed E-state index contributed by atoms with van der Waals surface area (Å²) in [4.78, 5) is 10.4. The van der Waals surface area contributed by atoms with Crippen LogP contribution >= 0.6 is 37.2 Å². The number of para-hydroxylation sites is 2. The SMILES string of the molecule is CC(C)[C@H]1c2ccc(F)cc2CC[C@]1(O)CCN(C)CCCc1nc2ccccc2[nH]1.II. The number of H-pyrrole nitrogens is 1. The number of halogens is 3. The van der Waals surface area contributed by atoms with Crippen LogP contribution in [0.3, 0.4) is 0 Å². The van der Waals surface area contributed by atoms with Crippen molar-refractivity contribution in [3.63, 3.8) is 0 Å². The lowest BCUT2D eigenvalue weighted by atomic mass is 9.66. The molecule has 33 heavy (non-hydrogen) atoms. The molecule has 1 aliphatic rings. The summed E-state index contributed by atoms with van der Waals surface area (Å²) in [6, 6.07) is 13.2. The Morgan fingerprint density at radius 2 is 1.97 bits per heavy atom. The van der Waals surface area contributed by atoms with Crippen molar-refractivity contribution in [3.05, 3.63) is 65.2 Å². The second-order valence-corrected chi connectivity index (χ2v) is 9.53. The Kier molecular flexibility index (Phi) is 9.97. The smallest absolute Gasteiger partial charge is 0.123 e. The molecule has 0 radical (unpaired) electrons. The molecular formula is C26H34FI2N3O. The van der Waals surface area contributed by atoms with Crippen molar-refractivity contribution < 1.29 is 9.50 Å². The highest BCUT2D eigenvalue weighted by Crippen LogP contribution is 2.45. The molecule has 2 aromatic carbocycles. The fraction of sp³-hybridized carbons (Fsp3) is 0.500. The number of rotatable bonds is 8. The quantitative estimate of drug-likeness (QED) is 0.257. The summed E-state index contributed by atoms with van der Waals surface area (Å²) >= 11 is 4.24. The number of nitrogens with one attached hydrogen (secondary N) is 1. The molecule has 3 aromatic rings. The molecule has 4 rings (SSSR count). The Morgan fingerprint density at radius 3 is 2.70 bits per heavy atom. The number of aliphatic hydroxyl groups is 1. The summed E-state index contributed by atoms with van der Waals surface area (Å²) in [5.74, 6) is 1.19. The van der Waals surface area contributed by atoms with Crippen LogP contribution in [0.4, 0.5) is 4.39 Å². The average Bonchev–Trinajstić information content (AvgIpc) is 3.22. The molecule has 0 aliphatic heterocycles. The lowest BCUT2D eigenvalue weighted by molar-refractivity contribution is -0.0301. The van der Waals surface area contributed by atoms with E-state index < -0.39 is 5.60 Å². The maximum absolute atomic E-state index is 13.7. The van der Waals surface area contributed by atoms with Gasteiger partial charge in [-0.1, -0.05) is 32.0 Å². The molecule has 0 spiro atoms. The Labute approximate surface area is 220 Å². The highest BCUT2D eigenvalue weighted by molar-refractivity contribution is 15.0. The first-order chi connectivity index (χ1) is 15.9. The predicted octanol–water partition coefficient (Wildman–Crippen LogP) is 6.85. The van der Waals surface area contributed by atoms with Gasteiger partial charge in [-0.25, -0.2) is 9.37 Å². The van der Waals surface area contributed by atoms with Crippen molar-refractivity contribution in [3.8, 4) is 0 Å². The van der Waals surface area contributed by atoms with Crippen LogP contribution in [0.25, 0.3) is 11.0 Å². The van der Waals surface area contributed by atoms with E-state index in [-0.39, 0.29) is 11.7 Å². The zero-order chi connectivity index (χ0) is 24.0. The summed E-state index contributed by atoms with van der Waals surface area (Å²) in [7, 11) is 2.12. The van der Waals surface area contributed by atoms with Crippen LogP contribution in [0.1, 0.15) is 56.0 Å². The number of fused-ring (bicyclic) bond motifs is 2. The number of imidazole rings is 1. The monoisotopic (exact) mass is 677 g/mol. The third kappa shape index (κ3) is 6.67. The lowest BCUT2D eigenvalue weighted by Crippen LogP contribution is -2.45. The van der Waals surface area contributed by atoms with Gasteiger partial charge in [0, 0.05) is 56.1 Å². The van der Waals surface area contributed by atoms with E-state index in [0.29, 0.717) is 12.3 Å². The van der Waals surface area contributed by atoms with Crippen LogP contribution < -0.4 is 0 Å². The maximum atomic E-state index is 13.7. The maximum Gasteiger partial charge on any atom is 0.123 e. The van der Waals surface area contributed by atoms with Gasteiger partial charge < -0.3 is 15.0 Å². The van der Waals surface area contributed by atoms with E-state index in [1.807, 2.05) is 24.3 Å². The van der Waals surface area contributed by atoms with Crippen molar-refractivity contribution in [2.24, 2.45) is 5.92 Å². The summed E-state index contributed by atoms with van der Waals surface area (Å²) in [5.41, 5.74) is 3.54. The van der Waals surface area contributed by atoms with E-state index in [2.05, 4.69) is 79.1 Å². The summed E-state index contributed by atoms with van der Waals surface area (Å²) in [6.45, 7) is 6.12. The fourth-order valence-electron chi connectivity index (χ4n) is 5.29. The highest BCUT2D eigenvalue weighted by Gasteiger charge is 2.43. The molecule has 1 aliphatic carbocycles. The van der Waals surface area contributed by atoms with Crippen LogP contribution in [0, 0.1) is 11.7 Å². The van der Waals surface area contributed by atoms with E-state index in [0.717, 1.165) is 66.8 Å².